The van der Waals surface area contributed by atoms with Crippen molar-refractivity contribution in [3.63, 3.8) is 0 Å². The van der Waals surface area contributed by atoms with E-state index in [1.54, 1.807) is 13.0 Å². The van der Waals surface area contributed by atoms with E-state index in [1.165, 1.54) is 0 Å². The molecule has 1 amide bonds. The molecule has 0 unspecified atom stereocenters. The monoisotopic (exact) mass is 265 g/mol. The highest BCUT2D eigenvalue weighted by Crippen LogP contribution is 2.18. The zero-order valence-electron chi connectivity index (χ0n) is 11.4. The number of hydrogen-bond acceptors (Lipinski definition) is 3. The van der Waals surface area contributed by atoms with Crippen molar-refractivity contribution < 1.29 is 19.4 Å². The van der Waals surface area contributed by atoms with Gasteiger partial charge in [0.25, 0.3) is 0 Å². The van der Waals surface area contributed by atoms with Gasteiger partial charge in [-0.15, -0.1) is 0 Å². The van der Waals surface area contributed by atoms with Gasteiger partial charge in [-0.05, 0) is 37.5 Å². The standard InChI is InChI=1S/C14H19NO4/c1-4-19-14(18)15-10(3)12-6-5-11(8-13(16)17)9(2)7-12/h5-7,10H,4,8H2,1-3H3,(H,15,18)(H,16,17)/t10-/m0/s1. The van der Waals surface area contributed by atoms with E-state index >= 15 is 0 Å². The predicted molar refractivity (Wildman–Crippen MR) is 71.1 cm³/mol. The summed E-state index contributed by atoms with van der Waals surface area (Å²) in [4.78, 5) is 22.0. The van der Waals surface area contributed by atoms with Crippen LogP contribution in [0, 0.1) is 6.92 Å². The van der Waals surface area contributed by atoms with E-state index in [4.69, 9.17) is 9.84 Å². The van der Waals surface area contributed by atoms with Gasteiger partial charge in [0.05, 0.1) is 19.1 Å². The first-order chi connectivity index (χ1) is 8.93. The van der Waals surface area contributed by atoms with E-state index in [0.29, 0.717) is 6.61 Å². The SMILES string of the molecule is CCOC(=O)N[C@@H](C)c1ccc(CC(=O)O)c(C)c1. The number of nitrogens with one attached hydrogen (secondary N) is 1. The highest BCUT2D eigenvalue weighted by atomic mass is 16.5. The molecule has 1 aromatic rings. The lowest BCUT2D eigenvalue weighted by molar-refractivity contribution is -0.136. The van der Waals surface area contributed by atoms with Gasteiger partial charge in [-0.2, -0.15) is 0 Å². The largest absolute Gasteiger partial charge is 0.481 e. The third kappa shape index (κ3) is 4.62. The number of rotatable bonds is 5. The Kier molecular flexibility index (Phi) is 5.36. The van der Waals surface area contributed by atoms with Gasteiger partial charge in [-0.25, -0.2) is 4.79 Å². The minimum Gasteiger partial charge on any atom is -0.481 e. The van der Waals surface area contributed by atoms with Gasteiger partial charge in [-0.3, -0.25) is 4.79 Å². The van der Waals surface area contributed by atoms with Crippen molar-refractivity contribution in [2.24, 2.45) is 0 Å². The Balaban J connectivity index is 2.76. The minimum atomic E-state index is -0.853. The Bertz CT molecular complexity index is 471. The lowest BCUT2D eigenvalue weighted by atomic mass is 9.99. The lowest BCUT2D eigenvalue weighted by Crippen LogP contribution is -2.27. The molecular formula is C14H19NO4. The third-order valence-corrected chi connectivity index (χ3v) is 2.82. The van der Waals surface area contributed by atoms with Gasteiger partial charge < -0.3 is 15.2 Å². The molecule has 0 spiro atoms. The van der Waals surface area contributed by atoms with Crippen molar-refractivity contribution in [2.45, 2.75) is 33.2 Å². The van der Waals surface area contributed by atoms with Crippen LogP contribution in [0.3, 0.4) is 0 Å². The molecule has 0 fully saturated rings. The second-order valence-electron chi connectivity index (χ2n) is 4.34. The average Bonchev–Trinajstić information content (AvgIpc) is 2.31. The molecule has 0 aliphatic heterocycles. The van der Waals surface area contributed by atoms with Gasteiger partial charge in [0.2, 0.25) is 0 Å². The molecule has 0 saturated heterocycles. The van der Waals surface area contributed by atoms with Crippen LogP contribution in [0.4, 0.5) is 4.79 Å². The number of carboxylic acid groups (broad SMARTS) is 1. The first kappa shape index (κ1) is 15.0. The summed E-state index contributed by atoms with van der Waals surface area (Å²) in [5, 5.41) is 11.5. The van der Waals surface area contributed by atoms with Gasteiger partial charge in [-0.1, -0.05) is 18.2 Å². The zero-order valence-corrected chi connectivity index (χ0v) is 11.4. The van der Waals surface area contributed by atoms with Crippen LogP contribution in [0.25, 0.3) is 0 Å². The smallest absolute Gasteiger partial charge is 0.407 e. The summed E-state index contributed by atoms with van der Waals surface area (Å²) in [6.07, 6.45) is -0.450. The highest BCUT2D eigenvalue weighted by Gasteiger charge is 2.12. The number of carbonyl (C=O) groups excluding carboxylic acids is 1. The molecule has 1 aromatic carbocycles. The molecular weight excluding hydrogens is 246 g/mol. The summed E-state index contributed by atoms with van der Waals surface area (Å²) in [6.45, 7) is 5.78. The van der Waals surface area contributed by atoms with E-state index in [9.17, 15) is 9.59 Å². The molecule has 1 atom stereocenters. The molecule has 0 aliphatic rings. The summed E-state index contributed by atoms with van der Waals surface area (Å²) in [5.41, 5.74) is 2.59. The molecule has 0 heterocycles. The third-order valence-electron chi connectivity index (χ3n) is 2.82. The number of benzene rings is 1. The normalized spacial score (nSPS) is 11.7. The topological polar surface area (TPSA) is 75.6 Å². The van der Waals surface area contributed by atoms with Crippen LogP contribution < -0.4 is 5.32 Å². The van der Waals surface area contributed by atoms with Crippen LogP contribution in [-0.4, -0.2) is 23.8 Å². The molecule has 19 heavy (non-hydrogen) atoms. The molecule has 0 aromatic heterocycles. The summed E-state index contributed by atoms with van der Waals surface area (Å²) in [5.74, 6) is -0.853. The molecule has 0 aliphatic carbocycles. The summed E-state index contributed by atoms with van der Waals surface area (Å²) >= 11 is 0. The summed E-state index contributed by atoms with van der Waals surface area (Å²) in [6, 6.07) is 5.30. The van der Waals surface area contributed by atoms with E-state index < -0.39 is 12.1 Å². The first-order valence-corrected chi connectivity index (χ1v) is 6.18. The molecule has 0 radical (unpaired) electrons. The molecule has 104 valence electrons. The maximum Gasteiger partial charge on any atom is 0.407 e. The quantitative estimate of drug-likeness (QED) is 0.857. The van der Waals surface area contributed by atoms with Crippen LogP contribution in [0.15, 0.2) is 18.2 Å². The predicted octanol–water partition coefficient (Wildman–Crippen LogP) is 2.43. The van der Waals surface area contributed by atoms with Crippen molar-refractivity contribution in [3.8, 4) is 0 Å². The number of alkyl carbamates (subject to hydrolysis) is 1. The van der Waals surface area contributed by atoms with Gasteiger partial charge in [0.15, 0.2) is 0 Å². The first-order valence-electron chi connectivity index (χ1n) is 6.18. The number of ether oxygens (including phenoxy) is 1. The lowest BCUT2D eigenvalue weighted by Gasteiger charge is -2.15. The van der Waals surface area contributed by atoms with Crippen LogP contribution in [0.5, 0.6) is 0 Å². The molecule has 5 heteroatoms. The maximum absolute atomic E-state index is 11.3. The molecule has 0 saturated carbocycles. The summed E-state index contributed by atoms with van der Waals surface area (Å²) < 4.78 is 4.81. The Morgan fingerprint density at radius 2 is 2.11 bits per heavy atom. The van der Waals surface area contributed by atoms with Crippen molar-refractivity contribution in [1.29, 1.82) is 0 Å². The van der Waals surface area contributed by atoms with E-state index in [2.05, 4.69) is 5.32 Å². The number of hydrogen-bond donors (Lipinski definition) is 2. The number of aryl methyl sites for hydroxylation is 1. The molecule has 5 nitrogen and oxygen atoms in total. The fourth-order valence-electron chi connectivity index (χ4n) is 1.78. The fourth-order valence-corrected chi connectivity index (χ4v) is 1.78. The second kappa shape index (κ2) is 6.78. The van der Waals surface area contributed by atoms with Crippen LogP contribution in [-0.2, 0) is 16.0 Å². The van der Waals surface area contributed by atoms with E-state index in [1.807, 2.05) is 26.0 Å². The van der Waals surface area contributed by atoms with Gasteiger partial charge in [0, 0.05) is 0 Å². The molecule has 0 bridgehead atoms. The van der Waals surface area contributed by atoms with Crippen molar-refractivity contribution in [2.75, 3.05) is 6.61 Å². The Morgan fingerprint density at radius 1 is 1.42 bits per heavy atom. The number of carboxylic acids is 1. The zero-order chi connectivity index (χ0) is 14.4. The maximum atomic E-state index is 11.3. The molecule has 1 rings (SSSR count). The van der Waals surface area contributed by atoms with Crippen LogP contribution >= 0.6 is 0 Å². The van der Waals surface area contributed by atoms with Crippen molar-refractivity contribution >= 4 is 12.1 Å². The van der Waals surface area contributed by atoms with Crippen LogP contribution in [0.2, 0.25) is 0 Å². The number of aliphatic carboxylic acids is 1. The Hall–Kier alpha value is -2.04. The fraction of sp³-hybridized carbons (Fsp3) is 0.429. The summed E-state index contributed by atoms with van der Waals surface area (Å²) in [7, 11) is 0. The van der Waals surface area contributed by atoms with Crippen LogP contribution in [0.1, 0.15) is 36.6 Å². The Labute approximate surface area is 112 Å². The van der Waals surface area contributed by atoms with Crippen molar-refractivity contribution in [3.05, 3.63) is 34.9 Å². The minimum absolute atomic E-state index is 0.00575. The average molecular weight is 265 g/mol. The van der Waals surface area contributed by atoms with Gasteiger partial charge >= 0.3 is 12.1 Å². The number of amides is 1. The molecule has 2 N–H and O–H groups in total. The highest BCUT2D eigenvalue weighted by molar-refractivity contribution is 5.71. The van der Waals surface area contributed by atoms with Crippen molar-refractivity contribution in [1.82, 2.24) is 5.32 Å². The second-order valence-corrected chi connectivity index (χ2v) is 4.34. The number of carbonyl (C=O) groups is 2. The van der Waals surface area contributed by atoms with Gasteiger partial charge in [0.1, 0.15) is 0 Å². The van der Waals surface area contributed by atoms with E-state index in [-0.39, 0.29) is 12.5 Å². The Morgan fingerprint density at radius 3 is 2.63 bits per heavy atom. The van der Waals surface area contributed by atoms with E-state index in [0.717, 1.165) is 16.7 Å².